The molecule has 7 heteroatoms. The molecule has 5 rings (SSSR count). The van der Waals surface area contributed by atoms with Gasteiger partial charge < -0.3 is 9.88 Å². The molecule has 3 heterocycles. The number of aryl methyl sites for hydroxylation is 3. The maximum absolute atomic E-state index is 13.4. The van der Waals surface area contributed by atoms with E-state index >= 15 is 0 Å². The zero-order valence-electron chi connectivity index (χ0n) is 18.4. The molecule has 6 nitrogen and oxygen atoms in total. The summed E-state index contributed by atoms with van der Waals surface area (Å²) in [5.41, 5.74) is 4.27. The summed E-state index contributed by atoms with van der Waals surface area (Å²) in [4.78, 5) is 41.7. The van der Waals surface area contributed by atoms with Crippen molar-refractivity contribution in [2.75, 3.05) is 6.54 Å². The van der Waals surface area contributed by atoms with Crippen molar-refractivity contribution in [3.8, 4) is 5.69 Å². The lowest BCUT2D eigenvalue weighted by atomic mass is 9.80. The molecule has 3 aromatic rings. The van der Waals surface area contributed by atoms with E-state index in [0.29, 0.717) is 12.0 Å². The first-order chi connectivity index (χ1) is 15.3. The fourth-order valence-electron chi connectivity index (χ4n) is 5.05. The van der Waals surface area contributed by atoms with Crippen molar-refractivity contribution in [1.82, 2.24) is 14.8 Å². The quantitative estimate of drug-likeness (QED) is 0.475. The third kappa shape index (κ3) is 3.03. The van der Waals surface area contributed by atoms with Crippen molar-refractivity contribution < 1.29 is 14.4 Å². The van der Waals surface area contributed by atoms with Gasteiger partial charge in [-0.1, -0.05) is 17.7 Å². The Balaban J connectivity index is 1.43. The molecular weight excluding hydrogens is 422 g/mol. The zero-order valence-corrected chi connectivity index (χ0v) is 19.2. The number of rotatable bonds is 4. The van der Waals surface area contributed by atoms with E-state index in [1.807, 2.05) is 67.1 Å². The largest absolute Gasteiger partial charge is 0.325 e. The summed E-state index contributed by atoms with van der Waals surface area (Å²) in [5.74, 6) is -0.555. The highest BCUT2D eigenvalue weighted by Crippen LogP contribution is 2.42. The Morgan fingerprint density at radius 3 is 2.62 bits per heavy atom. The molecule has 1 aromatic carbocycles. The molecule has 1 fully saturated rings. The fraction of sp³-hybridized carbons (Fsp3) is 0.320. The number of nitrogens with zero attached hydrogens (tertiary/aromatic N) is 2. The van der Waals surface area contributed by atoms with Gasteiger partial charge in [-0.05, 0) is 69.7 Å². The molecule has 1 N–H and O–H groups in total. The number of hydrogen-bond donors (Lipinski definition) is 1. The summed E-state index contributed by atoms with van der Waals surface area (Å²) >= 11 is 1.61. The van der Waals surface area contributed by atoms with Crippen molar-refractivity contribution in [1.29, 1.82) is 0 Å². The molecule has 1 aliphatic heterocycles. The first-order valence-corrected chi connectivity index (χ1v) is 11.7. The number of ketones is 1. The topological polar surface area (TPSA) is 71.4 Å². The van der Waals surface area contributed by atoms with E-state index < -0.39 is 11.6 Å². The predicted molar refractivity (Wildman–Crippen MR) is 123 cm³/mol. The monoisotopic (exact) mass is 447 g/mol. The number of Topliss-reactive ketones (excluding diaryl/α,β-unsaturated/α-hetero) is 1. The Morgan fingerprint density at radius 1 is 1.12 bits per heavy atom. The number of thiophene rings is 1. The number of carbonyl (C=O) groups excluding carboxylic acids is 3. The average Bonchev–Trinajstić information content (AvgIpc) is 3.42. The summed E-state index contributed by atoms with van der Waals surface area (Å²) in [7, 11) is 0. The number of carbonyl (C=O) groups is 3. The second kappa shape index (κ2) is 7.45. The molecule has 1 saturated heterocycles. The van der Waals surface area contributed by atoms with Crippen LogP contribution in [0.5, 0.6) is 0 Å². The highest BCUT2D eigenvalue weighted by Gasteiger charge is 2.54. The van der Waals surface area contributed by atoms with Gasteiger partial charge in [-0.2, -0.15) is 0 Å². The van der Waals surface area contributed by atoms with Crippen molar-refractivity contribution in [3.63, 3.8) is 0 Å². The van der Waals surface area contributed by atoms with E-state index in [9.17, 15) is 14.4 Å². The van der Waals surface area contributed by atoms with Gasteiger partial charge in [0.2, 0.25) is 0 Å². The standard InChI is InChI=1S/C25H25N3O3S/c1-15-6-8-18(9-7-15)28-16(2)13-19(17(28)3)21(29)14-27-23(30)25(26-24(27)31)11-4-5-22-20(25)10-12-32-22/h6-10,12-13H,4-5,11,14H2,1-3H3,(H,26,31). The van der Waals surface area contributed by atoms with Crippen LogP contribution >= 0.6 is 11.3 Å². The van der Waals surface area contributed by atoms with Crippen LogP contribution in [0.25, 0.3) is 5.69 Å². The molecule has 3 amide bonds. The third-order valence-corrected chi connectivity index (χ3v) is 7.64. The number of benzene rings is 1. The smallest absolute Gasteiger partial charge is 0.319 e. The van der Waals surface area contributed by atoms with Gasteiger partial charge in [-0.15, -0.1) is 11.3 Å². The molecule has 1 atom stereocenters. The third-order valence-electron chi connectivity index (χ3n) is 6.66. The zero-order chi connectivity index (χ0) is 22.6. The fourth-order valence-corrected chi connectivity index (χ4v) is 6.05. The maximum Gasteiger partial charge on any atom is 0.325 e. The van der Waals surface area contributed by atoms with E-state index in [-0.39, 0.29) is 18.2 Å². The van der Waals surface area contributed by atoms with Crippen LogP contribution < -0.4 is 5.32 Å². The molecule has 1 unspecified atom stereocenters. The Labute approximate surface area is 190 Å². The van der Waals surface area contributed by atoms with Crippen molar-refractivity contribution in [2.45, 2.75) is 45.6 Å². The van der Waals surface area contributed by atoms with Crippen molar-refractivity contribution in [2.24, 2.45) is 0 Å². The minimum atomic E-state index is -1.02. The van der Waals surface area contributed by atoms with Gasteiger partial charge in [0.25, 0.3) is 5.91 Å². The predicted octanol–water partition coefficient (Wildman–Crippen LogP) is 4.43. The van der Waals surface area contributed by atoms with Crippen molar-refractivity contribution in [3.05, 3.63) is 74.7 Å². The van der Waals surface area contributed by atoms with Crippen LogP contribution in [-0.4, -0.2) is 33.7 Å². The molecule has 1 aliphatic carbocycles. The minimum Gasteiger partial charge on any atom is -0.319 e. The van der Waals surface area contributed by atoms with E-state index in [1.54, 1.807) is 11.3 Å². The first-order valence-electron chi connectivity index (χ1n) is 10.8. The van der Waals surface area contributed by atoms with Crippen LogP contribution in [0.1, 0.15) is 50.6 Å². The van der Waals surface area contributed by atoms with E-state index in [4.69, 9.17) is 0 Å². The minimum absolute atomic E-state index is 0.238. The van der Waals surface area contributed by atoms with E-state index in [1.165, 1.54) is 0 Å². The average molecular weight is 448 g/mol. The summed E-state index contributed by atoms with van der Waals surface area (Å²) in [5, 5.41) is 4.88. The highest BCUT2D eigenvalue weighted by molar-refractivity contribution is 7.10. The molecule has 32 heavy (non-hydrogen) atoms. The van der Waals surface area contributed by atoms with E-state index in [2.05, 4.69) is 5.32 Å². The normalized spacial score (nSPS) is 20.0. The molecule has 0 radical (unpaired) electrons. The van der Waals surface area contributed by atoms with Crippen LogP contribution in [0.2, 0.25) is 0 Å². The van der Waals surface area contributed by atoms with Crippen LogP contribution in [0.4, 0.5) is 4.79 Å². The van der Waals surface area contributed by atoms with Crippen LogP contribution in [-0.2, 0) is 16.8 Å². The molecule has 2 aromatic heterocycles. The lowest BCUT2D eigenvalue weighted by Crippen LogP contribution is -2.46. The summed E-state index contributed by atoms with van der Waals surface area (Å²) in [6.45, 7) is 5.62. The van der Waals surface area contributed by atoms with Gasteiger partial charge in [-0.3, -0.25) is 14.5 Å². The van der Waals surface area contributed by atoms with Gasteiger partial charge in [0, 0.05) is 33.1 Å². The SMILES string of the molecule is Cc1ccc(-n2c(C)cc(C(=O)CN3C(=O)NC4(CCCc5sccc54)C3=O)c2C)cc1. The Hall–Kier alpha value is -3.19. The van der Waals surface area contributed by atoms with Crippen LogP contribution in [0, 0.1) is 20.8 Å². The number of aromatic nitrogens is 1. The number of fused-ring (bicyclic) bond motifs is 2. The lowest BCUT2D eigenvalue weighted by Gasteiger charge is -2.31. The summed E-state index contributed by atoms with van der Waals surface area (Å²) in [6.07, 6.45) is 2.31. The van der Waals surface area contributed by atoms with Crippen LogP contribution in [0.3, 0.4) is 0 Å². The molecule has 1 spiro atoms. The molecule has 164 valence electrons. The maximum atomic E-state index is 13.4. The Morgan fingerprint density at radius 2 is 1.88 bits per heavy atom. The van der Waals surface area contributed by atoms with E-state index in [0.717, 1.165) is 50.8 Å². The number of amides is 3. The summed E-state index contributed by atoms with van der Waals surface area (Å²) < 4.78 is 2.03. The van der Waals surface area contributed by atoms with Crippen molar-refractivity contribution >= 4 is 29.1 Å². The lowest BCUT2D eigenvalue weighted by molar-refractivity contribution is -0.131. The second-order valence-electron chi connectivity index (χ2n) is 8.72. The molecular formula is C25H25N3O3S. The summed E-state index contributed by atoms with van der Waals surface area (Å²) in [6, 6.07) is 11.4. The number of nitrogens with one attached hydrogen (secondary N) is 1. The molecule has 0 saturated carbocycles. The van der Waals surface area contributed by atoms with Gasteiger partial charge in [0.05, 0.1) is 6.54 Å². The van der Waals surface area contributed by atoms with Crippen LogP contribution in [0.15, 0.2) is 41.8 Å². The van der Waals surface area contributed by atoms with Gasteiger partial charge in [-0.25, -0.2) is 4.79 Å². The second-order valence-corrected chi connectivity index (χ2v) is 9.72. The van der Waals surface area contributed by atoms with Gasteiger partial charge >= 0.3 is 6.03 Å². The number of hydrogen-bond acceptors (Lipinski definition) is 4. The Bertz CT molecular complexity index is 1250. The molecule has 0 bridgehead atoms. The first kappa shape index (κ1) is 20.7. The van der Waals surface area contributed by atoms with Gasteiger partial charge in [0.15, 0.2) is 5.78 Å². The Kier molecular flexibility index (Phi) is 4.82. The number of imide groups is 1. The van der Waals surface area contributed by atoms with Gasteiger partial charge in [0.1, 0.15) is 5.54 Å². The molecule has 2 aliphatic rings. The number of urea groups is 1. The highest BCUT2D eigenvalue weighted by atomic mass is 32.1.